The van der Waals surface area contributed by atoms with Crippen LogP contribution in [0.15, 0.2) is 0 Å². The molecule has 4 heteroatoms. The number of unbranched alkanes of at least 4 members (excludes halogenated alkanes) is 2. The van der Waals surface area contributed by atoms with Crippen molar-refractivity contribution in [1.82, 2.24) is 0 Å². The largest absolute Gasteiger partial charge is 0.466 e. The van der Waals surface area contributed by atoms with Crippen molar-refractivity contribution in [2.45, 2.75) is 52.1 Å². The Morgan fingerprint density at radius 2 is 1.88 bits per heavy atom. The molecule has 0 radical (unpaired) electrons. The zero-order chi connectivity index (χ0) is 13.1. The number of terminal acetylenes is 1. The number of carbonyl (C=O) groups is 2. The molecule has 0 aliphatic rings. The summed E-state index contributed by atoms with van der Waals surface area (Å²) in [6.07, 6.45) is 7.53. The highest BCUT2D eigenvalue weighted by Crippen LogP contribution is 2.00. The summed E-state index contributed by atoms with van der Waals surface area (Å²) in [5.41, 5.74) is 0. The van der Waals surface area contributed by atoms with Crippen LogP contribution in [0, 0.1) is 12.3 Å². The maximum Gasteiger partial charge on any atom is 0.307 e. The average Bonchev–Trinajstić information content (AvgIpc) is 2.32. The topological polar surface area (TPSA) is 52.6 Å². The highest BCUT2D eigenvalue weighted by atomic mass is 16.5. The van der Waals surface area contributed by atoms with Gasteiger partial charge in [0.1, 0.15) is 0 Å². The van der Waals surface area contributed by atoms with Gasteiger partial charge < -0.3 is 9.47 Å². The summed E-state index contributed by atoms with van der Waals surface area (Å²) in [6, 6.07) is 0. The molecule has 0 N–H and O–H groups in total. The Morgan fingerprint density at radius 1 is 1.24 bits per heavy atom. The number of carbonyl (C=O) groups excluding carboxylic acids is 2. The minimum Gasteiger partial charge on any atom is -0.466 e. The molecule has 0 aromatic rings. The Morgan fingerprint density at radius 3 is 2.47 bits per heavy atom. The second-order valence-electron chi connectivity index (χ2n) is 3.73. The first-order chi connectivity index (χ1) is 8.10. The van der Waals surface area contributed by atoms with Crippen LogP contribution in [0.3, 0.4) is 0 Å². The summed E-state index contributed by atoms with van der Waals surface area (Å²) >= 11 is 0. The molecule has 4 nitrogen and oxygen atoms in total. The summed E-state index contributed by atoms with van der Waals surface area (Å²) in [7, 11) is 0. The van der Waals surface area contributed by atoms with E-state index >= 15 is 0 Å². The number of hydrogen-bond donors (Lipinski definition) is 0. The lowest BCUT2D eigenvalue weighted by Crippen LogP contribution is -2.15. The third kappa shape index (κ3) is 9.43. The second kappa shape index (κ2) is 9.71. The highest BCUT2D eigenvalue weighted by Gasteiger charge is 2.10. The minimum atomic E-state index is -0.553. The van der Waals surface area contributed by atoms with Gasteiger partial charge in [-0.2, -0.15) is 0 Å². The fourth-order valence-electron chi connectivity index (χ4n) is 1.10. The van der Waals surface area contributed by atoms with E-state index in [9.17, 15) is 9.59 Å². The molecule has 0 rings (SSSR count). The smallest absolute Gasteiger partial charge is 0.307 e. The van der Waals surface area contributed by atoms with E-state index in [1.807, 2.05) is 0 Å². The molecule has 0 aromatic heterocycles. The normalized spacial score (nSPS) is 11.4. The van der Waals surface area contributed by atoms with Crippen LogP contribution in [0.5, 0.6) is 0 Å². The van der Waals surface area contributed by atoms with E-state index in [1.54, 1.807) is 6.92 Å². The predicted molar refractivity (Wildman–Crippen MR) is 64.1 cm³/mol. The van der Waals surface area contributed by atoms with Crippen LogP contribution in [-0.4, -0.2) is 24.6 Å². The first-order valence-corrected chi connectivity index (χ1v) is 5.91. The summed E-state index contributed by atoms with van der Waals surface area (Å²) in [5, 5.41) is 0. The van der Waals surface area contributed by atoms with Gasteiger partial charge in [-0.15, -0.1) is 6.42 Å². The average molecular weight is 240 g/mol. The van der Waals surface area contributed by atoms with Crippen molar-refractivity contribution < 1.29 is 19.1 Å². The molecule has 0 aliphatic carbocycles. The molecule has 1 unspecified atom stereocenters. The molecule has 1 atom stereocenters. The molecule has 0 saturated carbocycles. The number of esters is 2. The summed E-state index contributed by atoms with van der Waals surface area (Å²) in [6.45, 7) is 4.09. The van der Waals surface area contributed by atoms with Crippen molar-refractivity contribution in [3.05, 3.63) is 0 Å². The van der Waals surface area contributed by atoms with Crippen LogP contribution >= 0.6 is 0 Å². The van der Waals surface area contributed by atoms with Gasteiger partial charge in [-0.3, -0.25) is 9.59 Å². The van der Waals surface area contributed by atoms with Gasteiger partial charge in [0.15, 0.2) is 6.10 Å². The Kier molecular flexibility index (Phi) is 8.85. The van der Waals surface area contributed by atoms with Gasteiger partial charge >= 0.3 is 11.9 Å². The van der Waals surface area contributed by atoms with E-state index in [4.69, 9.17) is 15.9 Å². The SMILES string of the molecule is C#CC(C)OC(=O)CCC(=O)OCCCCC. The van der Waals surface area contributed by atoms with Crippen LogP contribution in [0.2, 0.25) is 0 Å². The van der Waals surface area contributed by atoms with Gasteiger partial charge in [0.05, 0.1) is 19.4 Å². The lowest BCUT2D eigenvalue weighted by Gasteiger charge is -2.07. The molecule has 0 aromatic carbocycles. The van der Waals surface area contributed by atoms with Gasteiger partial charge in [-0.1, -0.05) is 25.7 Å². The number of rotatable bonds is 8. The van der Waals surface area contributed by atoms with Crippen molar-refractivity contribution in [2.24, 2.45) is 0 Å². The quantitative estimate of drug-likeness (QED) is 0.370. The summed E-state index contributed by atoms with van der Waals surface area (Å²) in [4.78, 5) is 22.4. The lowest BCUT2D eigenvalue weighted by molar-refractivity contribution is -0.151. The molecular weight excluding hydrogens is 220 g/mol. The third-order valence-electron chi connectivity index (χ3n) is 2.09. The molecule has 0 bridgehead atoms. The van der Waals surface area contributed by atoms with Crippen LogP contribution in [0.4, 0.5) is 0 Å². The Hall–Kier alpha value is -1.50. The standard InChI is InChI=1S/C13H20O4/c1-4-6-7-10-16-12(14)8-9-13(15)17-11(3)5-2/h2,11H,4,6-10H2,1,3H3. The number of ether oxygens (including phenoxy) is 2. The Labute approximate surface area is 103 Å². The fourth-order valence-corrected chi connectivity index (χ4v) is 1.10. The molecule has 0 heterocycles. The molecule has 0 fully saturated rings. The molecule has 0 saturated heterocycles. The van der Waals surface area contributed by atoms with Gasteiger partial charge in [0.2, 0.25) is 0 Å². The molecule has 0 spiro atoms. The third-order valence-corrected chi connectivity index (χ3v) is 2.09. The van der Waals surface area contributed by atoms with E-state index in [0.717, 1.165) is 19.3 Å². The molecule has 0 aliphatic heterocycles. The van der Waals surface area contributed by atoms with E-state index < -0.39 is 12.1 Å². The number of hydrogen-bond acceptors (Lipinski definition) is 4. The van der Waals surface area contributed by atoms with Crippen molar-refractivity contribution in [1.29, 1.82) is 0 Å². The first kappa shape index (κ1) is 15.5. The zero-order valence-corrected chi connectivity index (χ0v) is 10.5. The zero-order valence-electron chi connectivity index (χ0n) is 10.5. The maximum atomic E-state index is 11.2. The minimum absolute atomic E-state index is 0.0125. The summed E-state index contributed by atoms with van der Waals surface area (Å²) < 4.78 is 9.75. The van der Waals surface area contributed by atoms with Gasteiger partial charge in [-0.25, -0.2) is 0 Å². The van der Waals surface area contributed by atoms with E-state index in [1.165, 1.54) is 0 Å². The van der Waals surface area contributed by atoms with E-state index in [0.29, 0.717) is 6.61 Å². The first-order valence-electron chi connectivity index (χ1n) is 5.91. The molecule has 17 heavy (non-hydrogen) atoms. The predicted octanol–water partition coefficient (Wildman–Crippen LogP) is 2.06. The van der Waals surface area contributed by atoms with Crippen molar-refractivity contribution in [2.75, 3.05) is 6.61 Å². The molecule has 0 amide bonds. The van der Waals surface area contributed by atoms with Crippen LogP contribution in [0.25, 0.3) is 0 Å². The van der Waals surface area contributed by atoms with Gasteiger partial charge in [0, 0.05) is 0 Å². The van der Waals surface area contributed by atoms with Crippen LogP contribution < -0.4 is 0 Å². The van der Waals surface area contributed by atoms with Crippen LogP contribution in [-0.2, 0) is 19.1 Å². The lowest BCUT2D eigenvalue weighted by atomic mass is 10.3. The van der Waals surface area contributed by atoms with Gasteiger partial charge in [0.25, 0.3) is 0 Å². The van der Waals surface area contributed by atoms with E-state index in [2.05, 4.69) is 12.8 Å². The van der Waals surface area contributed by atoms with Gasteiger partial charge in [-0.05, 0) is 13.3 Å². The Bertz CT molecular complexity index is 278. The molecule has 96 valence electrons. The molecular formula is C13H20O4. The fraction of sp³-hybridized carbons (Fsp3) is 0.692. The van der Waals surface area contributed by atoms with Crippen molar-refractivity contribution in [3.8, 4) is 12.3 Å². The Balaban J connectivity index is 3.56. The summed E-state index contributed by atoms with van der Waals surface area (Å²) in [5.74, 6) is 1.43. The highest BCUT2D eigenvalue weighted by molar-refractivity contribution is 5.77. The van der Waals surface area contributed by atoms with Crippen molar-refractivity contribution in [3.63, 3.8) is 0 Å². The maximum absolute atomic E-state index is 11.2. The van der Waals surface area contributed by atoms with Crippen LogP contribution in [0.1, 0.15) is 46.0 Å². The second-order valence-corrected chi connectivity index (χ2v) is 3.73. The van der Waals surface area contributed by atoms with Crippen molar-refractivity contribution >= 4 is 11.9 Å². The van der Waals surface area contributed by atoms with E-state index in [-0.39, 0.29) is 18.8 Å². The monoisotopic (exact) mass is 240 g/mol.